The number of allylic oxidation sites excluding steroid dienone is 2. The van der Waals surface area contributed by atoms with Gasteiger partial charge in [0, 0.05) is 23.7 Å². The van der Waals surface area contributed by atoms with Crippen molar-refractivity contribution in [2.24, 2.45) is 0 Å². The molecule has 19 heavy (non-hydrogen) atoms. The number of rotatable bonds is 0. The molecule has 2 amide bonds. The predicted molar refractivity (Wildman–Crippen MR) is 76.5 cm³/mol. The number of carbonyl (C=O) groups excluding carboxylic acids is 2. The fourth-order valence-electron chi connectivity index (χ4n) is 2.32. The number of hydrogen-bond donors (Lipinski definition) is 0. The van der Waals surface area contributed by atoms with E-state index in [9.17, 15) is 9.59 Å². The lowest BCUT2D eigenvalue weighted by Gasteiger charge is -2.26. The van der Waals surface area contributed by atoms with Crippen molar-refractivity contribution < 1.29 is 9.59 Å². The molecule has 2 aliphatic rings. The zero-order valence-corrected chi connectivity index (χ0v) is 11.4. The number of amides is 2. The van der Waals surface area contributed by atoms with Crippen LogP contribution >= 0.6 is 0 Å². The van der Waals surface area contributed by atoms with Gasteiger partial charge in [-0.2, -0.15) is 0 Å². The van der Waals surface area contributed by atoms with E-state index in [0.29, 0.717) is 11.1 Å². The summed E-state index contributed by atoms with van der Waals surface area (Å²) in [5, 5.41) is 0. The third-order valence-electron chi connectivity index (χ3n) is 3.19. The molecular weight excluding hydrogens is 238 g/mol. The van der Waals surface area contributed by atoms with E-state index in [-0.39, 0.29) is 11.8 Å². The van der Waals surface area contributed by atoms with Crippen molar-refractivity contribution >= 4 is 23.5 Å². The summed E-state index contributed by atoms with van der Waals surface area (Å²) in [5.74, 6) is -0.432. The highest BCUT2D eigenvalue weighted by Crippen LogP contribution is 2.33. The topological polar surface area (TPSA) is 37.4 Å². The van der Waals surface area contributed by atoms with E-state index in [1.807, 2.05) is 44.2 Å². The fourth-order valence-corrected chi connectivity index (χ4v) is 2.32. The number of benzene rings is 1. The Morgan fingerprint density at radius 2 is 1.84 bits per heavy atom. The summed E-state index contributed by atoms with van der Waals surface area (Å²) in [4.78, 5) is 25.3. The van der Waals surface area contributed by atoms with Crippen molar-refractivity contribution in [2.45, 2.75) is 20.3 Å². The number of imide groups is 1. The van der Waals surface area contributed by atoms with Gasteiger partial charge in [-0.25, -0.2) is 0 Å². The molecule has 1 aliphatic heterocycles. The van der Waals surface area contributed by atoms with Crippen molar-refractivity contribution in [3.63, 3.8) is 0 Å². The molecule has 0 spiro atoms. The van der Waals surface area contributed by atoms with Gasteiger partial charge >= 0.3 is 0 Å². The maximum Gasteiger partial charge on any atom is 0.261 e. The summed E-state index contributed by atoms with van der Waals surface area (Å²) in [6, 6.07) is 5.56. The van der Waals surface area contributed by atoms with E-state index in [0.717, 1.165) is 17.5 Å². The highest BCUT2D eigenvalue weighted by atomic mass is 16.2. The predicted octanol–water partition coefficient (Wildman–Crippen LogP) is 3.13. The molecule has 3 nitrogen and oxygen atoms in total. The van der Waals surface area contributed by atoms with E-state index in [1.54, 1.807) is 6.07 Å². The SMILES string of the molecule is CC.CN1C(=O)C2=CCC=Cc3cccc(c32)C1=O. The molecule has 0 bridgehead atoms. The van der Waals surface area contributed by atoms with Crippen molar-refractivity contribution in [1.29, 1.82) is 0 Å². The molecule has 3 heteroatoms. The van der Waals surface area contributed by atoms with Crippen LogP contribution in [0.1, 0.15) is 41.8 Å². The van der Waals surface area contributed by atoms with E-state index in [4.69, 9.17) is 0 Å². The first kappa shape index (κ1) is 13.3. The maximum absolute atomic E-state index is 12.1. The minimum absolute atomic E-state index is 0.210. The molecule has 0 aromatic heterocycles. The first-order chi connectivity index (χ1) is 9.20. The van der Waals surface area contributed by atoms with Crippen LogP contribution in [0.15, 0.2) is 30.4 Å². The number of nitrogens with zero attached hydrogens (tertiary/aromatic N) is 1. The van der Waals surface area contributed by atoms with Gasteiger partial charge in [-0.05, 0) is 18.1 Å². The summed E-state index contributed by atoms with van der Waals surface area (Å²) < 4.78 is 0. The van der Waals surface area contributed by atoms with Gasteiger partial charge in [-0.3, -0.25) is 14.5 Å². The Morgan fingerprint density at radius 3 is 2.58 bits per heavy atom. The molecule has 0 saturated heterocycles. The molecule has 0 saturated carbocycles. The second kappa shape index (κ2) is 5.22. The lowest BCUT2D eigenvalue weighted by molar-refractivity contribution is -0.121. The second-order valence-corrected chi connectivity index (χ2v) is 4.19. The number of hydrogen-bond acceptors (Lipinski definition) is 2. The first-order valence-corrected chi connectivity index (χ1v) is 6.52. The van der Waals surface area contributed by atoms with Crippen LogP contribution in [-0.4, -0.2) is 23.8 Å². The zero-order valence-electron chi connectivity index (χ0n) is 11.4. The minimum Gasteiger partial charge on any atom is -0.277 e. The van der Waals surface area contributed by atoms with Gasteiger partial charge in [0.25, 0.3) is 11.8 Å². The van der Waals surface area contributed by atoms with Crippen LogP contribution in [0.25, 0.3) is 11.6 Å². The molecule has 1 heterocycles. The van der Waals surface area contributed by atoms with Gasteiger partial charge in [0.15, 0.2) is 0 Å². The number of likely N-dealkylation sites (N-methyl/N-ethyl adjacent to an activating group) is 1. The second-order valence-electron chi connectivity index (χ2n) is 4.19. The third-order valence-corrected chi connectivity index (χ3v) is 3.19. The van der Waals surface area contributed by atoms with E-state index >= 15 is 0 Å². The molecule has 1 aromatic carbocycles. The molecule has 0 fully saturated rings. The highest BCUT2D eigenvalue weighted by molar-refractivity contribution is 6.31. The normalized spacial score (nSPS) is 16.2. The van der Waals surface area contributed by atoms with Crippen molar-refractivity contribution in [3.05, 3.63) is 47.0 Å². The van der Waals surface area contributed by atoms with Crippen LogP contribution in [0.5, 0.6) is 0 Å². The summed E-state index contributed by atoms with van der Waals surface area (Å²) in [5.41, 5.74) is 2.99. The van der Waals surface area contributed by atoms with Gasteiger partial charge in [0.1, 0.15) is 0 Å². The summed E-state index contributed by atoms with van der Waals surface area (Å²) in [6.07, 6.45) is 6.57. The maximum atomic E-state index is 12.1. The van der Waals surface area contributed by atoms with Crippen molar-refractivity contribution in [2.75, 3.05) is 7.05 Å². The van der Waals surface area contributed by atoms with Crippen LogP contribution < -0.4 is 0 Å². The summed E-state index contributed by atoms with van der Waals surface area (Å²) in [6.45, 7) is 4.00. The molecule has 3 rings (SSSR count). The molecule has 0 radical (unpaired) electrons. The highest BCUT2D eigenvalue weighted by Gasteiger charge is 2.33. The smallest absolute Gasteiger partial charge is 0.261 e. The zero-order chi connectivity index (χ0) is 14.0. The summed E-state index contributed by atoms with van der Waals surface area (Å²) in [7, 11) is 1.53. The van der Waals surface area contributed by atoms with Crippen molar-refractivity contribution in [1.82, 2.24) is 4.90 Å². The van der Waals surface area contributed by atoms with Crippen molar-refractivity contribution in [3.8, 4) is 0 Å². The molecule has 0 N–H and O–H groups in total. The molecule has 1 aliphatic carbocycles. The van der Waals surface area contributed by atoms with Gasteiger partial charge in [0.2, 0.25) is 0 Å². The molecule has 0 atom stereocenters. The Balaban J connectivity index is 0.000000637. The van der Waals surface area contributed by atoms with Gasteiger partial charge in [-0.1, -0.05) is 44.2 Å². The van der Waals surface area contributed by atoms with E-state index in [1.165, 1.54) is 11.9 Å². The minimum atomic E-state index is -0.223. The van der Waals surface area contributed by atoms with Crippen LogP contribution in [0.3, 0.4) is 0 Å². The molecule has 1 aromatic rings. The third kappa shape index (κ3) is 2.01. The fraction of sp³-hybridized carbons (Fsp3) is 0.250. The van der Waals surface area contributed by atoms with Crippen LogP contribution in [-0.2, 0) is 4.79 Å². The van der Waals surface area contributed by atoms with Gasteiger partial charge < -0.3 is 0 Å². The van der Waals surface area contributed by atoms with E-state index in [2.05, 4.69) is 0 Å². The lowest BCUT2D eigenvalue weighted by Crippen LogP contribution is -2.38. The van der Waals surface area contributed by atoms with Crippen LogP contribution in [0.4, 0.5) is 0 Å². The number of carbonyl (C=O) groups is 2. The summed E-state index contributed by atoms with van der Waals surface area (Å²) >= 11 is 0. The average molecular weight is 255 g/mol. The Morgan fingerprint density at radius 1 is 1.11 bits per heavy atom. The molecule has 0 unspecified atom stereocenters. The largest absolute Gasteiger partial charge is 0.277 e. The Kier molecular flexibility index (Phi) is 3.65. The van der Waals surface area contributed by atoms with Gasteiger partial charge in [0.05, 0.1) is 0 Å². The quantitative estimate of drug-likeness (QED) is 0.668. The Hall–Kier alpha value is -2.16. The monoisotopic (exact) mass is 255 g/mol. The Bertz CT molecular complexity index is 597. The Labute approximate surface area is 113 Å². The first-order valence-electron chi connectivity index (χ1n) is 6.52. The van der Waals surface area contributed by atoms with Crippen LogP contribution in [0, 0.1) is 0 Å². The van der Waals surface area contributed by atoms with Crippen LogP contribution in [0.2, 0.25) is 0 Å². The molecule has 98 valence electrons. The van der Waals surface area contributed by atoms with Gasteiger partial charge in [-0.15, -0.1) is 0 Å². The average Bonchev–Trinajstić information content (AvgIpc) is 2.68. The standard InChI is InChI=1S/C14H11NO2.C2H6/c1-15-13(16)10-7-3-2-5-9-6-4-8-11(12(9)10)14(15)17;1-2/h2,4-8H,3H2,1H3;1-2H3. The van der Waals surface area contributed by atoms with E-state index < -0.39 is 0 Å². The molecular formula is C16H17NO2. The lowest BCUT2D eigenvalue weighted by atomic mass is 9.90.